The molecule has 2 heterocycles. The normalized spacial score (nSPS) is 13.1. The molecule has 4 rings (SSSR count). The summed E-state index contributed by atoms with van der Waals surface area (Å²) in [5.41, 5.74) is 0.606. The number of hydrogen-bond acceptors (Lipinski definition) is 9. The van der Waals surface area contributed by atoms with Crippen LogP contribution in [0.2, 0.25) is 5.02 Å². The Morgan fingerprint density at radius 2 is 1.67 bits per heavy atom. The predicted octanol–water partition coefficient (Wildman–Crippen LogP) is 5.20. The van der Waals surface area contributed by atoms with Gasteiger partial charge in [0, 0.05) is 0 Å². The van der Waals surface area contributed by atoms with Gasteiger partial charge in [0.2, 0.25) is 5.82 Å². The van der Waals surface area contributed by atoms with Gasteiger partial charge in [-0.25, -0.2) is 0 Å². The summed E-state index contributed by atoms with van der Waals surface area (Å²) in [4.78, 5) is 17.7. The van der Waals surface area contributed by atoms with Crippen LogP contribution in [0.3, 0.4) is 0 Å². The van der Waals surface area contributed by atoms with Gasteiger partial charge < -0.3 is 23.9 Å². The van der Waals surface area contributed by atoms with E-state index in [9.17, 15) is 0 Å². The van der Waals surface area contributed by atoms with Crippen LogP contribution >= 0.6 is 11.6 Å². The number of oxime groups is 2. The number of ether oxygens (including phenoxy) is 3. The van der Waals surface area contributed by atoms with Crippen LogP contribution in [-0.4, -0.2) is 41.9 Å². The van der Waals surface area contributed by atoms with Crippen LogP contribution < -0.4 is 9.47 Å². The monoisotopic (exact) mass is 474 g/mol. The molecule has 0 aliphatic carbocycles. The number of benzene rings is 2. The molecular formula is C22H20ClFN4O5. The molecule has 2 aromatic carbocycles. The Hall–Kier alpha value is -3.92. The maximum atomic E-state index is 15.1. The lowest BCUT2D eigenvalue weighted by Gasteiger charge is -2.17. The summed E-state index contributed by atoms with van der Waals surface area (Å²) in [5, 5.41) is 8.12. The molecule has 172 valence electrons. The quantitative estimate of drug-likeness (QED) is 0.343. The molecule has 33 heavy (non-hydrogen) atoms. The Balaban J connectivity index is 0.00000306. The number of hydrogen-bond donors (Lipinski definition) is 0. The summed E-state index contributed by atoms with van der Waals surface area (Å²) >= 11 is 6.07. The van der Waals surface area contributed by atoms with E-state index < -0.39 is 5.82 Å². The van der Waals surface area contributed by atoms with Crippen LogP contribution in [0.4, 0.5) is 4.39 Å². The van der Waals surface area contributed by atoms with Gasteiger partial charge in [-0.3, -0.25) is 0 Å². The third-order valence-corrected chi connectivity index (χ3v) is 4.38. The second-order valence-electron chi connectivity index (χ2n) is 6.13. The fourth-order valence-corrected chi connectivity index (χ4v) is 2.85. The zero-order valence-corrected chi connectivity index (χ0v) is 17.5. The topological polar surface area (TPSA) is 96.7 Å². The Labute approximate surface area is 194 Å². The summed E-state index contributed by atoms with van der Waals surface area (Å²) in [5.74, 6) is -1.09. The summed E-state index contributed by atoms with van der Waals surface area (Å²) in [6.07, 6.45) is 1.11. The van der Waals surface area contributed by atoms with Crippen molar-refractivity contribution in [1.82, 2.24) is 9.97 Å². The molecule has 0 saturated carbocycles. The average molecular weight is 475 g/mol. The van der Waals surface area contributed by atoms with E-state index in [-0.39, 0.29) is 48.9 Å². The average Bonchev–Trinajstić information content (AvgIpc) is 2.82. The number of rotatable bonds is 7. The maximum absolute atomic E-state index is 15.1. The Kier molecular flexibility index (Phi) is 7.98. The van der Waals surface area contributed by atoms with Crippen LogP contribution in [0.25, 0.3) is 0 Å². The lowest BCUT2D eigenvalue weighted by molar-refractivity contribution is 0.0672. The molecule has 0 N–H and O–H groups in total. The molecule has 0 radical (unpaired) electrons. The highest BCUT2D eigenvalue weighted by atomic mass is 35.5. The van der Waals surface area contributed by atoms with Gasteiger partial charge in [0.05, 0.1) is 10.6 Å². The first-order chi connectivity index (χ1) is 15.7. The van der Waals surface area contributed by atoms with Crippen molar-refractivity contribution in [2.75, 3.05) is 20.3 Å². The molecule has 1 aromatic heterocycles. The van der Waals surface area contributed by atoms with E-state index in [2.05, 4.69) is 20.3 Å². The Bertz CT molecular complexity index is 1180. The van der Waals surface area contributed by atoms with Gasteiger partial charge in [-0.2, -0.15) is 14.4 Å². The molecule has 0 atom stereocenters. The van der Waals surface area contributed by atoms with Crippen molar-refractivity contribution in [3.05, 3.63) is 71.3 Å². The molecule has 0 amide bonds. The van der Waals surface area contributed by atoms with E-state index in [1.807, 2.05) is 0 Å². The van der Waals surface area contributed by atoms with Gasteiger partial charge in [-0.05, 0) is 29.4 Å². The van der Waals surface area contributed by atoms with Crippen molar-refractivity contribution in [2.24, 2.45) is 10.3 Å². The smallest absolute Gasteiger partial charge is 0.280 e. The van der Waals surface area contributed by atoms with Gasteiger partial charge in [-0.1, -0.05) is 48.4 Å². The highest BCUT2D eigenvalue weighted by Gasteiger charge is 2.24. The van der Waals surface area contributed by atoms with Crippen molar-refractivity contribution >= 4 is 23.2 Å². The first-order valence-corrected chi connectivity index (χ1v) is 9.69. The first-order valence-electron chi connectivity index (χ1n) is 9.31. The molecule has 0 unspecified atom stereocenters. The first kappa shape index (κ1) is 23.7. The summed E-state index contributed by atoms with van der Waals surface area (Å²) in [7, 11) is 1.37. The van der Waals surface area contributed by atoms with Gasteiger partial charge in [0.15, 0.2) is 12.3 Å². The minimum absolute atomic E-state index is 0. The minimum Gasteiger partial charge on any atom is -0.470 e. The molecule has 11 heteroatoms. The van der Waals surface area contributed by atoms with E-state index in [0.29, 0.717) is 17.2 Å². The second kappa shape index (κ2) is 11.1. The molecule has 0 fully saturated rings. The van der Waals surface area contributed by atoms with Gasteiger partial charge in [-0.15, -0.1) is 0 Å². The summed E-state index contributed by atoms with van der Waals surface area (Å²) < 4.78 is 31.8. The number of aromatic nitrogens is 2. The molecule has 1 aliphatic heterocycles. The van der Waals surface area contributed by atoms with Crippen LogP contribution in [0.5, 0.6) is 23.3 Å². The summed E-state index contributed by atoms with van der Waals surface area (Å²) in [6.45, 7) is 0.593. The van der Waals surface area contributed by atoms with Gasteiger partial charge in [0.25, 0.3) is 17.7 Å². The van der Waals surface area contributed by atoms with Crippen molar-refractivity contribution in [1.29, 1.82) is 0 Å². The zero-order chi connectivity index (χ0) is 22.3. The Morgan fingerprint density at radius 1 is 1.00 bits per heavy atom. The fourth-order valence-electron chi connectivity index (χ4n) is 2.68. The standard InChI is InChI=1S/C21H16ClFN4O5.CH4/c1-28-26-18(21-27-30-11-10-29-21)13-6-2-4-8-15(13)31-19-17(23)20(25-12-24-19)32-16-9-5-3-7-14(16)22;/h2-9,12H,10-11H2,1H3;1H4/b26-18-;. The molecule has 3 aromatic rings. The number of halogens is 2. The van der Waals surface area contributed by atoms with Crippen LogP contribution in [0.1, 0.15) is 13.0 Å². The third kappa shape index (κ3) is 5.47. The fraction of sp³-hybridized carbons (Fsp3) is 0.182. The minimum atomic E-state index is -0.915. The van der Waals surface area contributed by atoms with Crippen molar-refractivity contribution in [3.8, 4) is 23.3 Å². The Morgan fingerprint density at radius 3 is 2.33 bits per heavy atom. The third-order valence-electron chi connectivity index (χ3n) is 4.06. The lowest BCUT2D eigenvalue weighted by atomic mass is 10.1. The van der Waals surface area contributed by atoms with Crippen molar-refractivity contribution in [2.45, 2.75) is 7.43 Å². The highest BCUT2D eigenvalue weighted by Crippen LogP contribution is 2.33. The lowest BCUT2D eigenvalue weighted by Crippen LogP contribution is -2.25. The highest BCUT2D eigenvalue weighted by molar-refractivity contribution is 6.45. The summed E-state index contributed by atoms with van der Waals surface area (Å²) in [6, 6.07) is 13.3. The van der Waals surface area contributed by atoms with Gasteiger partial charge >= 0.3 is 0 Å². The molecular weight excluding hydrogens is 455 g/mol. The zero-order valence-electron chi connectivity index (χ0n) is 16.7. The molecule has 9 nitrogen and oxygen atoms in total. The molecule has 0 spiro atoms. The van der Waals surface area contributed by atoms with Crippen molar-refractivity contribution < 1.29 is 28.3 Å². The predicted molar refractivity (Wildman–Crippen MR) is 120 cm³/mol. The van der Waals surface area contributed by atoms with Gasteiger partial charge in [0.1, 0.15) is 31.5 Å². The van der Waals surface area contributed by atoms with Crippen LogP contribution in [0, 0.1) is 5.82 Å². The number of nitrogens with zero attached hydrogens (tertiary/aromatic N) is 4. The second-order valence-corrected chi connectivity index (χ2v) is 6.54. The van der Waals surface area contributed by atoms with Crippen LogP contribution in [0.15, 0.2) is 65.2 Å². The van der Waals surface area contributed by atoms with Crippen molar-refractivity contribution in [3.63, 3.8) is 0 Å². The largest absolute Gasteiger partial charge is 0.470 e. The van der Waals surface area contributed by atoms with E-state index in [4.69, 9.17) is 35.5 Å². The van der Waals surface area contributed by atoms with E-state index in [0.717, 1.165) is 6.33 Å². The van der Waals surface area contributed by atoms with E-state index in [1.54, 1.807) is 48.5 Å². The van der Waals surface area contributed by atoms with E-state index in [1.165, 1.54) is 7.11 Å². The molecule has 1 aliphatic rings. The van der Waals surface area contributed by atoms with Crippen LogP contribution in [-0.2, 0) is 14.4 Å². The molecule has 0 bridgehead atoms. The number of para-hydroxylation sites is 2. The molecule has 0 saturated heterocycles. The van der Waals surface area contributed by atoms with E-state index >= 15 is 4.39 Å². The SMILES string of the molecule is C.CO/N=C(\C1=NOCCO1)c1ccccc1Oc1ncnc(Oc2ccccc2Cl)c1F. The maximum Gasteiger partial charge on any atom is 0.280 e.